The van der Waals surface area contributed by atoms with Crippen LogP contribution in [0.15, 0.2) is 82.9 Å². The van der Waals surface area contributed by atoms with E-state index in [9.17, 15) is 9.90 Å². The van der Waals surface area contributed by atoms with Gasteiger partial charge >= 0.3 is 0 Å². The molecule has 4 atom stereocenters. The Morgan fingerprint density at radius 3 is 2.67 bits per heavy atom. The van der Waals surface area contributed by atoms with Crippen LogP contribution in [-0.2, 0) is 14.3 Å². The highest BCUT2D eigenvalue weighted by molar-refractivity contribution is 6.09. The SMILES string of the molecule is C=C1O[C@@]23C[C@H](C)C(C)=C[C@]2(C)/C=C(C)/C=C/C[C@@H](O)/C=C2/C=CC(=C1C3=O)OC2. The third-order valence-corrected chi connectivity index (χ3v) is 6.72. The molecule has 3 aliphatic heterocycles. The molecule has 3 heterocycles. The van der Waals surface area contributed by atoms with E-state index < -0.39 is 17.1 Å². The van der Waals surface area contributed by atoms with Gasteiger partial charge in [-0.2, -0.15) is 0 Å². The summed E-state index contributed by atoms with van der Waals surface area (Å²) in [5, 5.41) is 10.3. The van der Waals surface area contributed by atoms with E-state index in [1.807, 2.05) is 25.2 Å². The molecule has 0 radical (unpaired) electrons. The highest BCUT2D eigenvalue weighted by atomic mass is 16.5. The van der Waals surface area contributed by atoms with E-state index >= 15 is 0 Å². The molecule has 5 aliphatic rings. The molecule has 158 valence electrons. The summed E-state index contributed by atoms with van der Waals surface area (Å²) in [6.45, 7) is 12.7. The van der Waals surface area contributed by atoms with Gasteiger partial charge < -0.3 is 14.6 Å². The van der Waals surface area contributed by atoms with Gasteiger partial charge in [0.2, 0.25) is 5.78 Å². The molecule has 0 amide bonds. The Bertz CT molecular complexity index is 987. The summed E-state index contributed by atoms with van der Waals surface area (Å²) in [5.41, 5.74) is 1.88. The number of hydrogen-bond acceptors (Lipinski definition) is 4. The van der Waals surface area contributed by atoms with Crippen LogP contribution in [0, 0.1) is 11.3 Å². The Kier molecular flexibility index (Phi) is 5.01. The van der Waals surface area contributed by atoms with Gasteiger partial charge in [-0.15, -0.1) is 0 Å². The maximum Gasteiger partial charge on any atom is 0.215 e. The largest absolute Gasteiger partial charge is 0.488 e. The van der Waals surface area contributed by atoms with Crippen LogP contribution in [0.3, 0.4) is 0 Å². The minimum absolute atomic E-state index is 0.0689. The fraction of sp³-hybridized carbons (Fsp3) is 0.423. The lowest BCUT2D eigenvalue weighted by molar-refractivity contribution is -0.139. The van der Waals surface area contributed by atoms with Crippen molar-refractivity contribution in [2.75, 3.05) is 6.61 Å². The molecule has 1 N–H and O–H groups in total. The first kappa shape index (κ1) is 20.7. The van der Waals surface area contributed by atoms with Crippen LogP contribution in [0.1, 0.15) is 40.5 Å². The first-order valence-electron chi connectivity index (χ1n) is 10.6. The number of ether oxygens (including phenoxy) is 2. The van der Waals surface area contributed by atoms with Crippen molar-refractivity contribution in [2.24, 2.45) is 11.3 Å². The number of carbonyl (C=O) groups is 1. The lowest BCUT2D eigenvalue weighted by Gasteiger charge is -2.46. The second kappa shape index (κ2) is 7.28. The normalized spacial score (nSPS) is 40.8. The average Bonchev–Trinajstić information content (AvgIpc) is 2.91. The first-order valence-corrected chi connectivity index (χ1v) is 10.6. The average molecular weight is 407 g/mol. The second-order valence-electron chi connectivity index (χ2n) is 9.15. The third kappa shape index (κ3) is 3.24. The minimum atomic E-state index is -1.05. The number of fused-ring (bicyclic) bond motifs is 5. The van der Waals surface area contributed by atoms with Crippen molar-refractivity contribution in [1.82, 2.24) is 0 Å². The maximum atomic E-state index is 13.9. The number of ketones is 1. The molecule has 2 aliphatic carbocycles. The molecular weight excluding hydrogens is 376 g/mol. The van der Waals surface area contributed by atoms with E-state index in [4.69, 9.17) is 9.47 Å². The minimum Gasteiger partial charge on any atom is -0.488 e. The predicted octanol–water partition coefficient (Wildman–Crippen LogP) is 4.86. The van der Waals surface area contributed by atoms with Crippen LogP contribution in [0.2, 0.25) is 0 Å². The highest BCUT2D eigenvalue weighted by Crippen LogP contribution is 2.55. The van der Waals surface area contributed by atoms with Gasteiger partial charge in [0.05, 0.1) is 11.5 Å². The Morgan fingerprint density at radius 1 is 1.20 bits per heavy atom. The molecule has 0 aromatic heterocycles. The van der Waals surface area contributed by atoms with Crippen molar-refractivity contribution in [3.63, 3.8) is 0 Å². The van der Waals surface area contributed by atoms with Crippen molar-refractivity contribution in [3.8, 4) is 0 Å². The van der Waals surface area contributed by atoms with E-state index in [2.05, 4.69) is 39.5 Å². The topological polar surface area (TPSA) is 55.8 Å². The van der Waals surface area contributed by atoms with Crippen LogP contribution >= 0.6 is 0 Å². The van der Waals surface area contributed by atoms with E-state index in [-0.39, 0.29) is 11.7 Å². The Hall–Kier alpha value is -2.59. The zero-order chi connectivity index (χ0) is 21.7. The second-order valence-corrected chi connectivity index (χ2v) is 9.15. The molecule has 0 aromatic rings. The van der Waals surface area contributed by atoms with Crippen molar-refractivity contribution in [3.05, 3.63) is 82.9 Å². The van der Waals surface area contributed by atoms with Gasteiger partial charge in [-0.3, -0.25) is 4.79 Å². The molecular formula is C26H30O4. The Morgan fingerprint density at radius 2 is 1.97 bits per heavy atom. The molecule has 5 rings (SSSR count). The summed E-state index contributed by atoms with van der Waals surface area (Å²) in [4.78, 5) is 13.9. The van der Waals surface area contributed by atoms with Gasteiger partial charge in [-0.25, -0.2) is 0 Å². The van der Waals surface area contributed by atoms with Gasteiger partial charge in [0.25, 0.3) is 0 Å². The number of aliphatic hydroxyl groups is 1. The third-order valence-electron chi connectivity index (χ3n) is 6.72. The summed E-state index contributed by atoms with van der Waals surface area (Å²) in [7, 11) is 0. The quantitative estimate of drug-likeness (QED) is 0.584. The summed E-state index contributed by atoms with van der Waals surface area (Å²) >= 11 is 0. The first-order chi connectivity index (χ1) is 14.1. The molecule has 4 bridgehead atoms. The standard InChI is InChI=1S/C26H30O4/c1-16-7-6-8-21(27)11-20-9-10-22(29-15-20)23-19(4)30-26(24(23)28)14-18(3)17(2)13-25(26,5)12-16/h6-7,9-13,18,21,27H,4,8,14-15H2,1-3,5H3/b7-6+,16-12+,20-11-,23-22?/t18-,21+,25-,26+/m0/s1. The molecule has 1 fully saturated rings. The molecule has 0 aromatic carbocycles. The van der Waals surface area contributed by atoms with Crippen molar-refractivity contribution in [1.29, 1.82) is 0 Å². The van der Waals surface area contributed by atoms with E-state index in [0.717, 1.165) is 11.1 Å². The van der Waals surface area contributed by atoms with Crippen LogP contribution < -0.4 is 0 Å². The van der Waals surface area contributed by atoms with Gasteiger partial charge in [0, 0.05) is 6.42 Å². The molecule has 4 nitrogen and oxygen atoms in total. The molecule has 1 saturated heterocycles. The van der Waals surface area contributed by atoms with E-state index in [0.29, 0.717) is 36.5 Å². The van der Waals surface area contributed by atoms with Gasteiger partial charge in [-0.1, -0.05) is 55.0 Å². The van der Waals surface area contributed by atoms with Gasteiger partial charge in [-0.05, 0) is 50.8 Å². The van der Waals surface area contributed by atoms with E-state index in [1.165, 1.54) is 5.57 Å². The molecule has 30 heavy (non-hydrogen) atoms. The monoisotopic (exact) mass is 406 g/mol. The summed E-state index contributed by atoms with van der Waals surface area (Å²) in [5.74, 6) is 1.01. The summed E-state index contributed by atoms with van der Waals surface area (Å²) in [6.07, 6.45) is 14.2. The van der Waals surface area contributed by atoms with E-state index in [1.54, 1.807) is 12.2 Å². The van der Waals surface area contributed by atoms with Crippen LogP contribution in [0.5, 0.6) is 0 Å². The molecule has 0 unspecified atom stereocenters. The van der Waals surface area contributed by atoms with Crippen LogP contribution in [0.4, 0.5) is 0 Å². The molecule has 4 heteroatoms. The van der Waals surface area contributed by atoms with Crippen molar-refractivity contribution >= 4 is 5.78 Å². The van der Waals surface area contributed by atoms with Crippen LogP contribution in [-0.4, -0.2) is 29.2 Å². The van der Waals surface area contributed by atoms with Crippen LogP contribution in [0.25, 0.3) is 0 Å². The fourth-order valence-corrected chi connectivity index (χ4v) is 5.01. The molecule has 1 spiro atoms. The highest BCUT2D eigenvalue weighted by Gasteiger charge is 2.62. The van der Waals surface area contributed by atoms with Gasteiger partial charge in [0.15, 0.2) is 5.60 Å². The Labute approximate surface area is 178 Å². The number of aliphatic hydroxyl groups excluding tert-OH is 1. The smallest absolute Gasteiger partial charge is 0.215 e. The van der Waals surface area contributed by atoms with Crippen molar-refractivity contribution in [2.45, 2.75) is 52.2 Å². The van der Waals surface area contributed by atoms with Gasteiger partial charge in [0.1, 0.15) is 23.7 Å². The summed E-state index contributed by atoms with van der Waals surface area (Å²) < 4.78 is 12.3. The lowest BCUT2D eigenvalue weighted by atomic mass is 9.61. The number of rotatable bonds is 0. The number of Topliss-reactive ketones (excluding diaryl/α,β-unsaturated/α-hetero) is 1. The number of carbonyl (C=O) groups excluding carboxylic acids is 1. The summed E-state index contributed by atoms with van der Waals surface area (Å²) in [6, 6.07) is 0. The number of allylic oxidation sites excluding steroid dienone is 5. The number of hydrogen-bond donors (Lipinski definition) is 1. The van der Waals surface area contributed by atoms with Crippen molar-refractivity contribution < 1.29 is 19.4 Å². The predicted molar refractivity (Wildman–Crippen MR) is 117 cm³/mol. The zero-order valence-corrected chi connectivity index (χ0v) is 18.2. The maximum absolute atomic E-state index is 13.9. The Balaban J connectivity index is 1.95. The fourth-order valence-electron chi connectivity index (χ4n) is 5.01. The lowest BCUT2D eigenvalue weighted by Crippen LogP contribution is -2.53. The zero-order valence-electron chi connectivity index (χ0n) is 18.2. The molecule has 0 saturated carbocycles.